The molecule has 1 N–H and O–H groups in total. The summed E-state index contributed by atoms with van der Waals surface area (Å²) in [5.41, 5.74) is 2.91. The first-order valence-electron chi connectivity index (χ1n) is 6.51. The fraction of sp³-hybridized carbons (Fsp3) is 0.462. The van der Waals surface area contributed by atoms with Gasteiger partial charge < -0.3 is 4.98 Å². The lowest BCUT2D eigenvalue weighted by Crippen LogP contribution is -2.35. The van der Waals surface area contributed by atoms with Crippen molar-refractivity contribution in [1.82, 2.24) is 24.6 Å². The molecule has 0 spiro atoms. The number of hydrogen-bond acceptors (Lipinski definition) is 5. The molecule has 0 radical (unpaired) electrons. The number of aromatic nitrogens is 4. The molecule has 106 valence electrons. The smallest absolute Gasteiger partial charge is 0.256 e. The van der Waals surface area contributed by atoms with Gasteiger partial charge in [-0.05, 0) is 6.26 Å². The third-order valence-corrected chi connectivity index (χ3v) is 4.06. The molecule has 0 fully saturated rings. The quantitative estimate of drug-likeness (QED) is 0.669. The number of aromatic amines is 1. The second kappa shape index (κ2) is 5.41. The van der Waals surface area contributed by atoms with Crippen molar-refractivity contribution in [2.45, 2.75) is 24.7 Å². The minimum Gasteiger partial charge on any atom is -0.301 e. The lowest BCUT2D eigenvalue weighted by atomic mass is 10.1. The molecule has 2 aromatic rings. The predicted octanol–water partition coefficient (Wildman–Crippen LogP) is 0.784. The average molecular weight is 291 g/mol. The van der Waals surface area contributed by atoms with Crippen LogP contribution in [0.3, 0.4) is 0 Å². The molecule has 2 aromatic heterocycles. The van der Waals surface area contributed by atoms with Crippen LogP contribution in [0.1, 0.15) is 16.8 Å². The average Bonchev–Trinajstić information content (AvgIpc) is 2.84. The molecule has 3 rings (SSSR count). The first-order valence-corrected chi connectivity index (χ1v) is 7.74. The number of thioether (sulfide) groups is 1. The van der Waals surface area contributed by atoms with E-state index in [2.05, 4.69) is 20.0 Å². The van der Waals surface area contributed by atoms with Crippen LogP contribution in [0.5, 0.6) is 0 Å². The molecule has 7 heteroatoms. The highest BCUT2D eigenvalue weighted by molar-refractivity contribution is 7.98. The van der Waals surface area contributed by atoms with E-state index in [1.165, 1.54) is 17.3 Å². The van der Waals surface area contributed by atoms with E-state index >= 15 is 0 Å². The van der Waals surface area contributed by atoms with E-state index in [4.69, 9.17) is 0 Å². The van der Waals surface area contributed by atoms with Crippen LogP contribution >= 0.6 is 11.8 Å². The molecule has 0 atom stereocenters. The highest BCUT2D eigenvalue weighted by Gasteiger charge is 2.21. The lowest BCUT2D eigenvalue weighted by Gasteiger charge is -2.27. The normalized spacial score (nSPS) is 15.3. The van der Waals surface area contributed by atoms with Crippen molar-refractivity contribution in [3.05, 3.63) is 39.6 Å². The van der Waals surface area contributed by atoms with Crippen LogP contribution in [-0.4, -0.2) is 37.4 Å². The van der Waals surface area contributed by atoms with E-state index in [1.54, 1.807) is 4.68 Å². The van der Waals surface area contributed by atoms with Crippen molar-refractivity contribution < 1.29 is 0 Å². The molecule has 1 aliphatic heterocycles. The summed E-state index contributed by atoms with van der Waals surface area (Å²) in [4.78, 5) is 21.7. The van der Waals surface area contributed by atoms with E-state index in [-0.39, 0.29) is 5.56 Å². The molecule has 0 amide bonds. The van der Waals surface area contributed by atoms with Gasteiger partial charge in [-0.3, -0.25) is 14.4 Å². The summed E-state index contributed by atoms with van der Waals surface area (Å²) < 4.78 is 1.80. The van der Waals surface area contributed by atoms with Crippen molar-refractivity contribution in [2.75, 3.05) is 12.8 Å². The van der Waals surface area contributed by atoms with Crippen LogP contribution in [0.4, 0.5) is 0 Å². The van der Waals surface area contributed by atoms with Gasteiger partial charge in [0.15, 0.2) is 5.16 Å². The number of rotatable bonds is 3. The Labute approximate surface area is 121 Å². The zero-order valence-electron chi connectivity index (χ0n) is 11.6. The molecular formula is C13H17N5OS. The Hall–Kier alpha value is -1.60. The fourth-order valence-electron chi connectivity index (χ4n) is 2.50. The van der Waals surface area contributed by atoms with Gasteiger partial charge in [0, 0.05) is 44.9 Å². The predicted molar refractivity (Wildman–Crippen MR) is 77.7 cm³/mol. The van der Waals surface area contributed by atoms with Crippen LogP contribution in [-0.2, 0) is 26.6 Å². The van der Waals surface area contributed by atoms with Crippen LogP contribution in [0, 0.1) is 0 Å². The Balaban J connectivity index is 1.80. The van der Waals surface area contributed by atoms with Gasteiger partial charge >= 0.3 is 0 Å². The molecule has 0 saturated carbocycles. The van der Waals surface area contributed by atoms with Crippen LogP contribution in [0.25, 0.3) is 0 Å². The number of hydrogen-bond donors (Lipinski definition) is 1. The van der Waals surface area contributed by atoms with Crippen molar-refractivity contribution >= 4 is 11.8 Å². The summed E-state index contributed by atoms with van der Waals surface area (Å²) in [6, 6.07) is 0. The van der Waals surface area contributed by atoms with Crippen molar-refractivity contribution in [3.8, 4) is 0 Å². The maximum absolute atomic E-state index is 12.1. The third kappa shape index (κ3) is 2.64. The molecule has 1 aliphatic rings. The Kier molecular flexibility index (Phi) is 3.62. The molecule has 0 aliphatic carbocycles. The zero-order valence-corrected chi connectivity index (χ0v) is 12.4. The van der Waals surface area contributed by atoms with E-state index < -0.39 is 0 Å². The number of fused-ring (bicyclic) bond motifs is 1. The topological polar surface area (TPSA) is 66.8 Å². The number of H-pyrrole nitrogens is 1. The summed E-state index contributed by atoms with van der Waals surface area (Å²) >= 11 is 1.47. The first kappa shape index (κ1) is 13.4. The number of nitrogens with one attached hydrogen (secondary N) is 1. The van der Waals surface area contributed by atoms with Crippen molar-refractivity contribution in [2.24, 2.45) is 7.05 Å². The minimum atomic E-state index is -0.00441. The second-order valence-electron chi connectivity index (χ2n) is 4.98. The molecule has 0 bridgehead atoms. The lowest BCUT2D eigenvalue weighted by molar-refractivity contribution is 0.241. The van der Waals surface area contributed by atoms with Gasteiger partial charge in [0.25, 0.3) is 5.56 Å². The summed E-state index contributed by atoms with van der Waals surface area (Å²) in [5, 5.41) is 4.88. The van der Waals surface area contributed by atoms with Crippen molar-refractivity contribution in [3.63, 3.8) is 0 Å². The van der Waals surface area contributed by atoms with E-state index in [0.717, 1.165) is 30.8 Å². The Morgan fingerprint density at radius 2 is 2.35 bits per heavy atom. The van der Waals surface area contributed by atoms with Gasteiger partial charge in [0.05, 0.1) is 17.5 Å². The fourth-order valence-corrected chi connectivity index (χ4v) is 2.90. The maximum Gasteiger partial charge on any atom is 0.256 e. The van der Waals surface area contributed by atoms with Gasteiger partial charge in [0.2, 0.25) is 0 Å². The van der Waals surface area contributed by atoms with Gasteiger partial charge in [-0.2, -0.15) is 5.10 Å². The Bertz CT molecular complexity index is 678. The van der Waals surface area contributed by atoms with Gasteiger partial charge in [-0.1, -0.05) is 11.8 Å². The molecule has 20 heavy (non-hydrogen) atoms. The summed E-state index contributed by atoms with van der Waals surface area (Å²) in [7, 11) is 1.91. The van der Waals surface area contributed by atoms with Gasteiger partial charge in [0.1, 0.15) is 0 Å². The van der Waals surface area contributed by atoms with E-state index in [1.807, 2.05) is 25.7 Å². The van der Waals surface area contributed by atoms with E-state index in [9.17, 15) is 4.79 Å². The highest BCUT2D eigenvalue weighted by Crippen LogP contribution is 2.18. The molecular weight excluding hydrogens is 274 g/mol. The second-order valence-corrected chi connectivity index (χ2v) is 5.78. The summed E-state index contributed by atoms with van der Waals surface area (Å²) in [6.07, 6.45) is 6.62. The van der Waals surface area contributed by atoms with E-state index in [0.29, 0.717) is 11.7 Å². The summed E-state index contributed by atoms with van der Waals surface area (Å²) in [5.74, 6) is 0. The zero-order chi connectivity index (χ0) is 14.1. The Morgan fingerprint density at radius 3 is 3.05 bits per heavy atom. The first-order chi connectivity index (χ1) is 9.65. The molecule has 0 unspecified atom stereocenters. The molecule has 0 saturated heterocycles. The van der Waals surface area contributed by atoms with Crippen molar-refractivity contribution in [1.29, 1.82) is 0 Å². The Morgan fingerprint density at radius 1 is 1.50 bits per heavy atom. The maximum atomic E-state index is 12.1. The molecule has 3 heterocycles. The van der Waals surface area contributed by atoms with Crippen LogP contribution < -0.4 is 5.56 Å². The van der Waals surface area contributed by atoms with Crippen LogP contribution in [0.2, 0.25) is 0 Å². The third-order valence-electron chi connectivity index (χ3n) is 3.48. The minimum absolute atomic E-state index is 0.00441. The monoisotopic (exact) mass is 291 g/mol. The molecule has 6 nitrogen and oxygen atoms in total. The highest BCUT2D eigenvalue weighted by atomic mass is 32.2. The number of aryl methyl sites for hydroxylation is 1. The summed E-state index contributed by atoms with van der Waals surface area (Å²) in [6.45, 7) is 2.39. The largest absolute Gasteiger partial charge is 0.301 e. The molecule has 0 aromatic carbocycles. The van der Waals surface area contributed by atoms with Gasteiger partial charge in [-0.15, -0.1) is 0 Å². The number of nitrogens with zero attached hydrogens (tertiary/aromatic N) is 4. The standard InChI is InChI=1S/C13H17N5OS/c1-17-6-9(5-14-17)7-18-4-3-11-10(8-18)12(19)16-13(15-11)20-2/h5-6H,3-4,7-8H2,1-2H3,(H,15,16,19). The SMILES string of the molecule is CSc1nc2c(c(=O)[nH]1)CN(Cc1cnn(C)c1)CC2. The van der Waals surface area contributed by atoms with Crippen LogP contribution in [0.15, 0.2) is 22.3 Å². The van der Waals surface area contributed by atoms with Gasteiger partial charge in [-0.25, -0.2) is 4.98 Å².